The van der Waals surface area contributed by atoms with Crippen molar-refractivity contribution in [2.75, 3.05) is 11.1 Å². The Kier molecular flexibility index (Phi) is 7.54. The second-order valence-corrected chi connectivity index (χ2v) is 11.4. The third-order valence-electron chi connectivity index (χ3n) is 5.76. The van der Waals surface area contributed by atoms with E-state index in [1.807, 2.05) is 5.38 Å². The van der Waals surface area contributed by atoms with E-state index in [4.69, 9.17) is 0 Å². The first-order valence-corrected chi connectivity index (χ1v) is 14.0. The highest BCUT2D eigenvalue weighted by Crippen LogP contribution is 2.34. The van der Waals surface area contributed by atoms with Crippen LogP contribution in [0.5, 0.6) is 0 Å². The molecule has 0 fully saturated rings. The number of nitrogens with zero attached hydrogens (tertiary/aromatic N) is 4. The van der Waals surface area contributed by atoms with E-state index >= 15 is 0 Å². The van der Waals surface area contributed by atoms with Crippen molar-refractivity contribution < 1.29 is 4.79 Å². The van der Waals surface area contributed by atoms with Gasteiger partial charge in [-0.25, -0.2) is 4.98 Å². The fourth-order valence-corrected chi connectivity index (χ4v) is 6.32. The second-order valence-electron chi connectivity index (χ2n) is 8.48. The average molecular weight is 512 g/mol. The van der Waals surface area contributed by atoms with Crippen LogP contribution in [0.3, 0.4) is 0 Å². The van der Waals surface area contributed by atoms with Gasteiger partial charge in [0, 0.05) is 32.8 Å². The van der Waals surface area contributed by atoms with Crippen LogP contribution in [0.15, 0.2) is 34.1 Å². The van der Waals surface area contributed by atoms with Gasteiger partial charge in [0.1, 0.15) is 0 Å². The van der Waals surface area contributed by atoms with Gasteiger partial charge >= 0.3 is 0 Å². The third kappa shape index (κ3) is 5.11. The first kappa shape index (κ1) is 24.6. The number of aryl methyl sites for hydroxylation is 3. The number of hydrogen-bond acceptors (Lipinski definition) is 7. The SMILES string of the molecule is CCc1c(-c2nnc(SCC(=O)Nc3nc(-c4ccc(C)c(C)c4)cs3)n2C(C)C)csc1C. The molecule has 4 aromatic rings. The maximum atomic E-state index is 12.7. The van der Waals surface area contributed by atoms with Crippen molar-refractivity contribution in [1.29, 1.82) is 0 Å². The van der Waals surface area contributed by atoms with E-state index in [-0.39, 0.29) is 17.7 Å². The average Bonchev–Trinajstić information content (AvgIpc) is 3.52. The molecule has 178 valence electrons. The summed E-state index contributed by atoms with van der Waals surface area (Å²) in [4.78, 5) is 18.6. The maximum absolute atomic E-state index is 12.7. The topological polar surface area (TPSA) is 72.7 Å². The zero-order valence-electron chi connectivity index (χ0n) is 20.3. The van der Waals surface area contributed by atoms with E-state index in [1.54, 1.807) is 11.3 Å². The third-order valence-corrected chi connectivity index (χ3v) is 8.42. The lowest BCUT2D eigenvalue weighted by molar-refractivity contribution is -0.113. The summed E-state index contributed by atoms with van der Waals surface area (Å²) in [5.74, 6) is 1.01. The normalized spacial score (nSPS) is 11.4. The first-order chi connectivity index (χ1) is 16.3. The van der Waals surface area contributed by atoms with Crippen LogP contribution >= 0.6 is 34.4 Å². The fourth-order valence-electron chi connectivity index (χ4n) is 3.78. The number of aromatic nitrogens is 4. The van der Waals surface area contributed by atoms with Gasteiger partial charge in [-0.15, -0.1) is 32.9 Å². The van der Waals surface area contributed by atoms with Gasteiger partial charge in [-0.1, -0.05) is 30.8 Å². The van der Waals surface area contributed by atoms with E-state index in [2.05, 4.69) is 90.2 Å². The van der Waals surface area contributed by atoms with Gasteiger partial charge in [0.2, 0.25) is 5.91 Å². The number of thiophene rings is 1. The van der Waals surface area contributed by atoms with Crippen LogP contribution in [-0.2, 0) is 11.2 Å². The Morgan fingerprint density at radius 3 is 2.62 bits per heavy atom. The molecule has 0 saturated carbocycles. The van der Waals surface area contributed by atoms with Crippen molar-refractivity contribution in [3.63, 3.8) is 0 Å². The lowest BCUT2D eigenvalue weighted by atomic mass is 10.1. The summed E-state index contributed by atoms with van der Waals surface area (Å²) < 4.78 is 2.12. The molecular weight excluding hydrogens is 483 g/mol. The summed E-state index contributed by atoms with van der Waals surface area (Å²) in [6, 6.07) is 6.47. The van der Waals surface area contributed by atoms with E-state index in [1.165, 1.54) is 44.7 Å². The molecule has 0 radical (unpaired) electrons. The van der Waals surface area contributed by atoms with Gasteiger partial charge < -0.3 is 5.32 Å². The van der Waals surface area contributed by atoms with Crippen molar-refractivity contribution in [2.45, 2.75) is 59.2 Å². The predicted octanol–water partition coefficient (Wildman–Crippen LogP) is 6.93. The highest BCUT2D eigenvalue weighted by atomic mass is 32.2. The molecule has 0 saturated heterocycles. The Labute approximate surface area is 212 Å². The molecule has 3 aromatic heterocycles. The van der Waals surface area contributed by atoms with E-state index in [0.29, 0.717) is 5.13 Å². The molecule has 0 bridgehead atoms. The highest BCUT2D eigenvalue weighted by Gasteiger charge is 2.21. The summed E-state index contributed by atoms with van der Waals surface area (Å²) in [6.45, 7) is 12.7. The minimum absolute atomic E-state index is 0.105. The molecule has 0 unspecified atom stereocenters. The summed E-state index contributed by atoms with van der Waals surface area (Å²) in [7, 11) is 0. The van der Waals surface area contributed by atoms with Crippen LogP contribution < -0.4 is 5.32 Å². The minimum Gasteiger partial charge on any atom is -0.301 e. The van der Waals surface area contributed by atoms with Crippen molar-refractivity contribution in [2.24, 2.45) is 0 Å². The molecule has 1 amide bonds. The van der Waals surface area contributed by atoms with Crippen LogP contribution in [0, 0.1) is 20.8 Å². The smallest absolute Gasteiger partial charge is 0.236 e. The number of thiazole rings is 1. The number of amides is 1. The van der Waals surface area contributed by atoms with Crippen LogP contribution in [0.1, 0.15) is 48.4 Å². The van der Waals surface area contributed by atoms with Gasteiger partial charge in [0.05, 0.1) is 11.4 Å². The lowest BCUT2D eigenvalue weighted by Gasteiger charge is -2.14. The van der Waals surface area contributed by atoms with Gasteiger partial charge in [0.15, 0.2) is 16.1 Å². The van der Waals surface area contributed by atoms with Crippen molar-refractivity contribution in [3.05, 3.63) is 50.5 Å². The summed E-state index contributed by atoms with van der Waals surface area (Å²) in [5, 5.41) is 17.3. The molecular formula is C25H29N5OS3. The molecule has 0 aliphatic carbocycles. The number of thioether (sulfide) groups is 1. The van der Waals surface area contributed by atoms with Gasteiger partial charge in [0.25, 0.3) is 0 Å². The Morgan fingerprint density at radius 2 is 1.91 bits per heavy atom. The molecule has 3 heterocycles. The highest BCUT2D eigenvalue weighted by molar-refractivity contribution is 7.99. The second kappa shape index (κ2) is 10.4. The Bertz CT molecular complexity index is 1320. The van der Waals surface area contributed by atoms with Gasteiger partial charge in [-0.3, -0.25) is 9.36 Å². The number of benzene rings is 1. The molecule has 0 spiro atoms. The summed E-state index contributed by atoms with van der Waals surface area (Å²) in [5.41, 5.74) is 6.87. The summed E-state index contributed by atoms with van der Waals surface area (Å²) in [6.07, 6.45) is 0.957. The predicted molar refractivity (Wildman–Crippen MR) is 144 cm³/mol. The number of carbonyl (C=O) groups is 1. The van der Waals surface area contributed by atoms with Gasteiger partial charge in [-0.2, -0.15) is 0 Å². The van der Waals surface area contributed by atoms with Crippen LogP contribution in [0.4, 0.5) is 5.13 Å². The fraction of sp³-hybridized carbons (Fsp3) is 0.360. The number of rotatable bonds is 8. The molecule has 1 aromatic carbocycles. The van der Waals surface area contributed by atoms with E-state index in [0.717, 1.165) is 34.2 Å². The molecule has 9 heteroatoms. The molecule has 6 nitrogen and oxygen atoms in total. The molecule has 4 rings (SSSR count). The van der Waals surface area contributed by atoms with E-state index < -0.39 is 0 Å². The number of anilines is 1. The lowest BCUT2D eigenvalue weighted by Crippen LogP contribution is -2.15. The zero-order valence-corrected chi connectivity index (χ0v) is 22.7. The Hall–Kier alpha value is -2.49. The standard InChI is InChI=1S/C25H29N5OS3/c1-7-19-17(6)32-11-20(19)23-28-29-25(30(23)14(2)3)34-13-22(31)27-24-26-21(12-33-24)18-9-8-15(4)16(5)10-18/h8-12,14H,7,13H2,1-6H3,(H,26,27,31). The van der Waals surface area contributed by atoms with Crippen LogP contribution in [0.2, 0.25) is 0 Å². The number of nitrogens with one attached hydrogen (secondary N) is 1. The number of hydrogen-bond donors (Lipinski definition) is 1. The maximum Gasteiger partial charge on any atom is 0.236 e. The molecule has 0 aliphatic rings. The molecule has 1 N–H and O–H groups in total. The van der Waals surface area contributed by atoms with E-state index in [9.17, 15) is 4.79 Å². The van der Waals surface area contributed by atoms with Crippen molar-refractivity contribution in [3.8, 4) is 22.6 Å². The molecule has 34 heavy (non-hydrogen) atoms. The minimum atomic E-state index is -0.105. The van der Waals surface area contributed by atoms with Crippen LogP contribution in [0.25, 0.3) is 22.6 Å². The zero-order chi connectivity index (χ0) is 24.4. The van der Waals surface area contributed by atoms with Gasteiger partial charge in [-0.05, 0) is 63.8 Å². The first-order valence-electron chi connectivity index (χ1n) is 11.3. The van der Waals surface area contributed by atoms with Crippen molar-refractivity contribution in [1.82, 2.24) is 19.7 Å². The van der Waals surface area contributed by atoms with Crippen LogP contribution in [-0.4, -0.2) is 31.4 Å². The Balaban J connectivity index is 1.45. The molecule has 0 aliphatic heterocycles. The molecule has 0 atom stereocenters. The summed E-state index contributed by atoms with van der Waals surface area (Å²) >= 11 is 4.58. The Morgan fingerprint density at radius 1 is 1.12 bits per heavy atom. The number of carbonyl (C=O) groups excluding carboxylic acids is 1. The quantitative estimate of drug-likeness (QED) is 0.260. The monoisotopic (exact) mass is 511 g/mol. The van der Waals surface area contributed by atoms with Crippen molar-refractivity contribution >= 4 is 45.5 Å². The largest absolute Gasteiger partial charge is 0.301 e.